The first-order valence-electron chi connectivity index (χ1n) is 14.5. The van der Waals surface area contributed by atoms with Crippen LogP contribution in [-0.4, -0.2) is 100.0 Å². The molecule has 216 valence electrons. The van der Waals surface area contributed by atoms with Crippen molar-refractivity contribution in [2.45, 2.75) is 91.3 Å². The van der Waals surface area contributed by atoms with Crippen molar-refractivity contribution in [2.75, 3.05) is 54.9 Å². The van der Waals surface area contributed by atoms with Gasteiger partial charge in [0, 0.05) is 44.8 Å². The van der Waals surface area contributed by atoms with E-state index in [0.717, 1.165) is 19.3 Å². The minimum atomic E-state index is -1.14. The fourth-order valence-electron chi connectivity index (χ4n) is 5.78. The summed E-state index contributed by atoms with van der Waals surface area (Å²) in [7, 11) is 0. The highest BCUT2D eigenvalue weighted by Gasteiger charge is 2.53. The molecule has 0 aromatic carbocycles. The van der Waals surface area contributed by atoms with E-state index in [1.54, 1.807) is 11.8 Å². The fourth-order valence-corrected chi connectivity index (χ4v) is 5.78. The van der Waals surface area contributed by atoms with E-state index in [-0.39, 0.29) is 30.5 Å². The average molecular weight is 545 g/mol. The van der Waals surface area contributed by atoms with Crippen molar-refractivity contribution in [3.63, 3.8) is 0 Å². The van der Waals surface area contributed by atoms with E-state index in [1.807, 2.05) is 32.6 Å². The Morgan fingerprint density at radius 2 is 1.49 bits per heavy atom. The molecule has 0 radical (unpaired) electrons. The van der Waals surface area contributed by atoms with Crippen LogP contribution in [0.5, 0.6) is 0 Å². The average Bonchev–Trinajstić information content (AvgIpc) is 3.58. The van der Waals surface area contributed by atoms with Crippen LogP contribution < -0.4 is 15.5 Å². The van der Waals surface area contributed by atoms with Crippen LogP contribution in [0.15, 0.2) is 0 Å². The first-order chi connectivity index (χ1) is 18.6. The molecule has 1 saturated carbocycles. The number of ether oxygens (including phenoxy) is 1. The Kier molecular flexibility index (Phi) is 9.12. The third kappa shape index (κ3) is 6.36. The Hall–Kier alpha value is -3.18. The van der Waals surface area contributed by atoms with Gasteiger partial charge in [-0.15, -0.1) is 0 Å². The molecule has 3 fully saturated rings. The molecular weight excluding hydrogens is 500 g/mol. The highest BCUT2D eigenvalue weighted by atomic mass is 16.5. The summed E-state index contributed by atoms with van der Waals surface area (Å²) < 4.78 is 5.32. The molecule has 2 aliphatic heterocycles. The van der Waals surface area contributed by atoms with Gasteiger partial charge in [0.05, 0.1) is 6.61 Å². The topological polar surface area (TPSA) is 133 Å². The van der Waals surface area contributed by atoms with Gasteiger partial charge in [-0.05, 0) is 60.3 Å². The molecule has 0 spiro atoms. The number of hydrogen-bond acceptors (Lipinski definition) is 10. The summed E-state index contributed by atoms with van der Waals surface area (Å²) in [5.74, 6) is 0.886. The minimum Gasteiger partial charge on any atom is -0.465 e. The lowest BCUT2D eigenvalue weighted by atomic mass is 9.84. The van der Waals surface area contributed by atoms with Crippen LogP contribution in [-0.2, 0) is 19.1 Å². The number of amides is 2. The molecule has 4 rings (SSSR count). The van der Waals surface area contributed by atoms with Crippen LogP contribution >= 0.6 is 0 Å². The highest BCUT2D eigenvalue weighted by Crippen LogP contribution is 2.42. The third-order valence-corrected chi connectivity index (χ3v) is 7.66. The van der Waals surface area contributed by atoms with Gasteiger partial charge in [0.15, 0.2) is 0 Å². The predicted molar refractivity (Wildman–Crippen MR) is 148 cm³/mol. The number of nitrogens with one attached hydrogen (secondary N) is 2. The number of rotatable bonds is 9. The highest BCUT2D eigenvalue weighted by molar-refractivity contribution is 6.04. The molecule has 1 aromatic rings. The molecule has 0 bridgehead atoms. The Morgan fingerprint density at radius 1 is 0.897 bits per heavy atom. The Balaban J connectivity index is 1.43. The summed E-state index contributed by atoms with van der Waals surface area (Å²) in [4.78, 5) is 59.6. The van der Waals surface area contributed by atoms with Gasteiger partial charge in [0.1, 0.15) is 11.5 Å². The summed E-state index contributed by atoms with van der Waals surface area (Å²) >= 11 is 0. The molecule has 1 unspecified atom stereocenters. The molecule has 12 heteroatoms. The summed E-state index contributed by atoms with van der Waals surface area (Å²) in [6.45, 7) is 12.8. The molecular formula is C27H44N8O4. The molecule has 2 amide bonds. The first kappa shape index (κ1) is 28.8. The molecule has 1 aromatic heterocycles. The largest absolute Gasteiger partial charge is 0.465 e. The first-order valence-corrected chi connectivity index (χ1v) is 14.5. The van der Waals surface area contributed by atoms with Crippen molar-refractivity contribution in [3.05, 3.63) is 0 Å². The third-order valence-electron chi connectivity index (χ3n) is 7.66. The number of esters is 1. The summed E-state index contributed by atoms with van der Waals surface area (Å²) in [6.07, 6.45) is 3.99. The zero-order chi connectivity index (χ0) is 28.2. The van der Waals surface area contributed by atoms with Gasteiger partial charge in [0.2, 0.25) is 29.7 Å². The number of hydrogen-bond donors (Lipinski definition) is 2. The lowest BCUT2D eigenvalue weighted by Crippen LogP contribution is -2.57. The fraction of sp³-hybridized carbons (Fsp3) is 0.778. The minimum absolute atomic E-state index is 0.0440. The van der Waals surface area contributed by atoms with Crippen molar-refractivity contribution < 1.29 is 19.1 Å². The van der Waals surface area contributed by atoms with Gasteiger partial charge in [-0.2, -0.15) is 15.0 Å². The standard InChI is InChI=1S/C27H44N8O4/c1-6-39-23(38)27(11-7-8-12-27)22(37)35-13-9-10-20(35)21(36)33-14-16-34(17-15-33)26-31-24(28-18(2)3)30-25(32-26)29-19(4)5/h18-20H,6-17H2,1-5H3,(H2,28,29,30,31,32). The van der Waals surface area contributed by atoms with Gasteiger partial charge in [-0.1, -0.05) is 12.8 Å². The number of aromatic nitrogens is 3. The van der Waals surface area contributed by atoms with Gasteiger partial charge >= 0.3 is 5.97 Å². The lowest BCUT2D eigenvalue weighted by Gasteiger charge is -2.38. The molecule has 3 aliphatic rings. The smallest absolute Gasteiger partial charge is 0.321 e. The van der Waals surface area contributed by atoms with E-state index in [1.165, 1.54) is 0 Å². The maximum atomic E-state index is 13.7. The van der Waals surface area contributed by atoms with Gasteiger partial charge < -0.3 is 30.1 Å². The molecule has 39 heavy (non-hydrogen) atoms. The van der Waals surface area contributed by atoms with Crippen molar-refractivity contribution in [1.29, 1.82) is 0 Å². The van der Waals surface area contributed by atoms with E-state index in [0.29, 0.717) is 69.8 Å². The van der Waals surface area contributed by atoms with E-state index in [2.05, 4.69) is 30.5 Å². The zero-order valence-corrected chi connectivity index (χ0v) is 24.0. The SMILES string of the molecule is CCOC(=O)C1(C(=O)N2CCCC2C(=O)N2CCN(c3nc(NC(C)C)nc(NC(C)C)n3)CC2)CCCC1. The summed E-state index contributed by atoms with van der Waals surface area (Å²) in [6, 6.07) is -0.186. The van der Waals surface area contributed by atoms with Crippen LogP contribution in [0, 0.1) is 5.41 Å². The molecule has 1 atom stereocenters. The number of likely N-dealkylation sites (tertiary alicyclic amines) is 1. The van der Waals surface area contributed by atoms with Crippen molar-refractivity contribution in [2.24, 2.45) is 5.41 Å². The number of piperazine rings is 1. The van der Waals surface area contributed by atoms with Gasteiger partial charge in [0.25, 0.3) is 0 Å². The number of anilines is 3. The quantitative estimate of drug-likeness (QED) is 0.352. The molecule has 1 aliphatic carbocycles. The van der Waals surface area contributed by atoms with Crippen molar-refractivity contribution in [3.8, 4) is 0 Å². The Morgan fingerprint density at radius 3 is 2.03 bits per heavy atom. The Labute approximate surface area is 231 Å². The maximum Gasteiger partial charge on any atom is 0.321 e. The lowest BCUT2D eigenvalue weighted by molar-refractivity contribution is -0.167. The van der Waals surface area contributed by atoms with Crippen LogP contribution in [0.1, 0.15) is 73.1 Å². The number of carbonyl (C=O) groups is 3. The van der Waals surface area contributed by atoms with Crippen LogP contribution in [0.4, 0.5) is 17.8 Å². The second-order valence-corrected chi connectivity index (χ2v) is 11.4. The van der Waals surface area contributed by atoms with Gasteiger partial charge in [-0.25, -0.2) is 0 Å². The van der Waals surface area contributed by atoms with Gasteiger partial charge in [-0.3, -0.25) is 14.4 Å². The van der Waals surface area contributed by atoms with Crippen molar-refractivity contribution in [1.82, 2.24) is 24.8 Å². The second-order valence-electron chi connectivity index (χ2n) is 11.4. The normalized spacial score (nSPS) is 21.0. The zero-order valence-electron chi connectivity index (χ0n) is 24.0. The molecule has 2 N–H and O–H groups in total. The monoisotopic (exact) mass is 544 g/mol. The van der Waals surface area contributed by atoms with Crippen LogP contribution in [0.3, 0.4) is 0 Å². The maximum absolute atomic E-state index is 13.7. The van der Waals surface area contributed by atoms with E-state index < -0.39 is 17.4 Å². The molecule has 2 saturated heterocycles. The summed E-state index contributed by atoms with van der Waals surface area (Å²) in [5, 5.41) is 6.51. The van der Waals surface area contributed by atoms with Crippen LogP contribution in [0.25, 0.3) is 0 Å². The summed E-state index contributed by atoms with van der Waals surface area (Å²) in [5.41, 5.74) is -1.14. The van der Waals surface area contributed by atoms with Crippen LogP contribution in [0.2, 0.25) is 0 Å². The molecule has 3 heterocycles. The second kappa shape index (κ2) is 12.3. The number of carbonyl (C=O) groups excluding carboxylic acids is 3. The predicted octanol–water partition coefficient (Wildman–Crippen LogP) is 2.28. The van der Waals surface area contributed by atoms with Crippen molar-refractivity contribution >= 4 is 35.6 Å². The van der Waals surface area contributed by atoms with E-state index in [9.17, 15) is 14.4 Å². The number of nitrogens with zero attached hydrogens (tertiary/aromatic N) is 6. The van der Waals surface area contributed by atoms with E-state index in [4.69, 9.17) is 4.74 Å². The van der Waals surface area contributed by atoms with E-state index >= 15 is 0 Å². The molecule has 12 nitrogen and oxygen atoms in total. The Bertz CT molecular complexity index is 1010.